The third-order valence-corrected chi connectivity index (χ3v) is 5.43. The van der Waals surface area contributed by atoms with Crippen LogP contribution in [0.15, 0.2) is 54.9 Å². The summed E-state index contributed by atoms with van der Waals surface area (Å²) in [6.07, 6.45) is 4.21. The van der Waals surface area contributed by atoms with Gasteiger partial charge in [-0.25, -0.2) is 4.39 Å². The van der Waals surface area contributed by atoms with Crippen LogP contribution in [0.2, 0.25) is 0 Å². The zero-order chi connectivity index (χ0) is 21.0. The van der Waals surface area contributed by atoms with Crippen LogP contribution in [0.25, 0.3) is 20.8 Å². The predicted octanol–water partition coefficient (Wildman–Crippen LogP) is 5.52. The van der Waals surface area contributed by atoms with Gasteiger partial charge in [-0.15, -0.1) is 11.3 Å². The molecule has 0 N–H and O–H groups in total. The summed E-state index contributed by atoms with van der Waals surface area (Å²) in [6.45, 7) is 3.63. The summed E-state index contributed by atoms with van der Waals surface area (Å²) in [5.41, 5.74) is 3.89. The minimum Gasteiger partial charge on any atom is -0.298 e. The number of aldehydes is 1. The van der Waals surface area contributed by atoms with Gasteiger partial charge in [0.05, 0.1) is 31.8 Å². The van der Waals surface area contributed by atoms with Gasteiger partial charge in [-0.2, -0.15) is 0 Å². The number of hydrogen-bond donors (Lipinski definition) is 0. The number of nitrogens with zero attached hydrogens (tertiary/aromatic N) is 3. The van der Waals surface area contributed by atoms with Crippen molar-refractivity contribution in [1.82, 2.24) is 9.97 Å². The molecule has 8 heteroatoms. The molecule has 0 aliphatic carbocycles. The molecule has 146 valence electrons. The molecule has 0 amide bonds. The second-order valence-electron chi connectivity index (χ2n) is 6.24. The lowest BCUT2D eigenvalue weighted by Crippen LogP contribution is -1.89. The number of nitro groups is 1. The van der Waals surface area contributed by atoms with Crippen molar-refractivity contribution in [3.8, 4) is 10.6 Å². The highest BCUT2D eigenvalue weighted by molar-refractivity contribution is 7.22. The maximum absolute atomic E-state index is 12.6. The Morgan fingerprint density at radius 2 is 1.86 bits per heavy atom. The van der Waals surface area contributed by atoms with E-state index in [9.17, 15) is 19.3 Å². The van der Waals surface area contributed by atoms with Gasteiger partial charge < -0.3 is 0 Å². The van der Waals surface area contributed by atoms with Gasteiger partial charge >= 0.3 is 0 Å². The van der Waals surface area contributed by atoms with E-state index < -0.39 is 10.7 Å². The Kier molecular flexibility index (Phi) is 6.04. The Morgan fingerprint density at radius 1 is 1.07 bits per heavy atom. The van der Waals surface area contributed by atoms with E-state index in [4.69, 9.17) is 0 Å². The van der Waals surface area contributed by atoms with Crippen molar-refractivity contribution >= 4 is 33.5 Å². The molecule has 3 aromatic heterocycles. The van der Waals surface area contributed by atoms with Crippen molar-refractivity contribution in [2.75, 3.05) is 0 Å². The van der Waals surface area contributed by atoms with Crippen molar-refractivity contribution in [2.45, 2.75) is 13.8 Å². The Hall–Kier alpha value is -3.52. The Labute approximate surface area is 169 Å². The van der Waals surface area contributed by atoms with Gasteiger partial charge in [0.1, 0.15) is 5.82 Å². The first-order chi connectivity index (χ1) is 13.9. The number of aryl methyl sites for hydroxylation is 2. The monoisotopic (exact) mass is 409 g/mol. The highest BCUT2D eigenvalue weighted by atomic mass is 32.1. The molecule has 0 atom stereocenters. The maximum atomic E-state index is 12.6. The average molecular weight is 409 g/mol. The largest absolute Gasteiger partial charge is 0.298 e. The minimum absolute atomic E-state index is 0.215. The molecule has 4 aromatic rings. The van der Waals surface area contributed by atoms with Crippen LogP contribution >= 0.6 is 11.3 Å². The molecule has 0 aliphatic rings. The lowest BCUT2D eigenvalue weighted by atomic mass is 10.2. The molecule has 0 saturated heterocycles. The first kappa shape index (κ1) is 20.2. The van der Waals surface area contributed by atoms with Crippen LogP contribution in [-0.4, -0.2) is 21.2 Å². The number of thiophene rings is 1. The SMILES string of the molecule is Cc1ccc([N+](=O)[O-])cc1F.Cc1ccnc2cc(-c3ccc(C=O)cn3)sc12. The number of non-ortho nitro benzene ring substituents is 1. The number of carbonyl (C=O) groups is 1. The first-order valence-corrected chi connectivity index (χ1v) is 9.38. The summed E-state index contributed by atoms with van der Waals surface area (Å²) in [5, 5.41) is 10.1. The summed E-state index contributed by atoms with van der Waals surface area (Å²) >= 11 is 1.68. The van der Waals surface area contributed by atoms with Gasteiger partial charge in [0.2, 0.25) is 0 Å². The minimum atomic E-state index is -0.622. The van der Waals surface area contributed by atoms with Crippen LogP contribution in [0, 0.1) is 29.8 Å². The molecule has 0 unspecified atom stereocenters. The summed E-state index contributed by atoms with van der Waals surface area (Å²) in [6, 6.07) is 11.3. The quantitative estimate of drug-likeness (QED) is 0.253. The van der Waals surface area contributed by atoms with E-state index >= 15 is 0 Å². The van der Waals surface area contributed by atoms with Crippen LogP contribution in [0.5, 0.6) is 0 Å². The van der Waals surface area contributed by atoms with Crippen LogP contribution < -0.4 is 0 Å². The van der Waals surface area contributed by atoms with E-state index in [2.05, 4.69) is 16.9 Å². The molecule has 0 saturated carbocycles. The first-order valence-electron chi connectivity index (χ1n) is 8.56. The van der Waals surface area contributed by atoms with Crippen molar-refractivity contribution in [3.05, 3.63) is 87.5 Å². The standard InChI is InChI=1S/C14H10N2OS.C7H6FNO2/c1-9-4-5-15-12-6-13(18-14(9)12)11-3-2-10(8-17)7-16-11;1-5-2-3-6(9(10)11)4-7(5)8/h2-8H,1H3;2-4H,1H3. The van der Waals surface area contributed by atoms with Gasteiger partial charge in [-0.1, -0.05) is 0 Å². The van der Waals surface area contributed by atoms with E-state index in [-0.39, 0.29) is 5.69 Å². The fourth-order valence-corrected chi connectivity index (χ4v) is 3.57. The average Bonchev–Trinajstić information content (AvgIpc) is 3.16. The molecule has 0 aliphatic heterocycles. The summed E-state index contributed by atoms with van der Waals surface area (Å²) in [5.74, 6) is -0.542. The summed E-state index contributed by atoms with van der Waals surface area (Å²) < 4.78 is 13.8. The number of rotatable bonds is 3. The third kappa shape index (κ3) is 4.67. The van der Waals surface area contributed by atoms with Crippen LogP contribution in [0.1, 0.15) is 21.5 Å². The summed E-state index contributed by atoms with van der Waals surface area (Å²) in [7, 11) is 0. The fourth-order valence-electron chi connectivity index (χ4n) is 2.51. The zero-order valence-corrected chi connectivity index (χ0v) is 16.4. The van der Waals surface area contributed by atoms with E-state index in [1.54, 1.807) is 30.5 Å². The normalized spacial score (nSPS) is 10.3. The molecule has 29 heavy (non-hydrogen) atoms. The summed E-state index contributed by atoms with van der Waals surface area (Å²) in [4.78, 5) is 29.8. The fraction of sp³-hybridized carbons (Fsp3) is 0.0952. The van der Waals surface area contributed by atoms with Gasteiger partial charge in [0.15, 0.2) is 6.29 Å². The number of nitro benzene ring substituents is 1. The van der Waals surface area contributed by atoms with Crippen molar-refractivity contribution in [1.29, 1.82) is 0 Å². The second-order valence-corrected chi connectivity index (χ2v) is 7.29. The topological polar surface area (TPSA) is 86.0 Å². The van der Waals surface area contributed by atoms with E-state index in [0.29, 0.717) is 11.1 Å². The molecule has 0 radical (unpaired) electrons. The Morgan fingerprint density at radius 3 is 2.45 bits per heavy atom. The maximum Gasteiger partial charge on any atom is 0.272 e. The molecule has 0 fully saturated rings. The van der Waals surface area contributed by atoms with Gasteiger partial charge in [0, 0.05) is 24.0 Å². The lowest BCUT2D eigenvalue weighted by molar-refractivity contribution is -0.385. The predicted molar refractivity (Wildman–Crippen MR) is 111 cm³/mol. The van der Waals surface area contributed by atoms with Crippen LogP contribution in [0.4, 0.5) is 10.1 Å². The molecule has 3 heterocycles. The van der Waals surface area contributed by atoms with Crippen molar-refractivity contribution < 1.29 is 14.1 Å². The molecule has 4 rings (SSSR count). The highest BCUT2D eigenvalue weighted by Crippen LogP contribution is 2.33. The molecule has 0 spiro atoms. The molecule has 6 nitrogen and oxygen atoms in total. The number of benzene rings is 1. The van der Waals surface area contributed by atoms with Crippen LogP contribution in [0.3, 0.4) is 0 Å². The van der Waals surface area contributed by atoms with Gasteiger partial charge in [0.25, 0.3) is 5.69 Å². The Balaban J connectivity index is 0.000000188. The third-order valence-electron chi connectivity index (χ3n) is 4.15. The number of pyridine rings is 2. The van der Waals surface area contributed by atoms with Gasteiger partial charge in [-0.3, -0.25) is 24.9 Å². The smallest absolute Gasteiger partial charge is 0.272 e. The van der Waals surface area contributed by atoms with E-state index in [1.165, 1.54) is 22.4 Å². The molecule has 1 aromatic carbocycles. The van der Waals surface area contributed by atoms with Gasteiger partial charge in [-0.05, 0) is 55.3 Å². The number of hydrogen-bond acceptors (Lipinski definition) is 6. The zero-order valence-electron chi connectivity index (χ0n) is 15.6. The highest BCUT2D eigenvalue weighted by Gasteiger charge is 2.08. The van der Waals surface area contributed by atoms with Crippen molar-refractivity contribution in [2.24, 2.45) is 0 Å². The lowest BCUT2D eigenvalue weighted by Gasteiger charge is -1.95. The second kappa shape index (κ2) is 8.66. The number of halogens is 1. The Bertz CT molecular complexity index is 1190. The van der Waals surface area contributed by atoms with E-state index in [1.807, 2.05) is 24.4 Å². The number of fused-ring (bicyclic) bond motifs is 1. The molecule has 0 bridgehead atoms. The molecular formula is C21H16FN3O3S. The van der Waals surface area contributed by atoms with Crippen molar-refractivity contribution in [3.63, 3.8) is 0 Å². The van der Waals surface area contributed by atoms with Crippen LogP contribution in [-0.2, 0) is 0 Å². The number of carbonyl (C=O) groups excluding carboxylic acids is 1. The number of aromatic nitrogens is 2. The molecular weight excluding hydrogens is 393 g/mol. The van der Waals surface area contributed by atoms with E-state index in [0.717, 1.165) is 28.4 Å².